The number of piperidine rings is 1. The van der Waals surface area contributed by atoms with Crippen LogP contribution in [-0.4, -0.2) is 58.8 Å². The van der Waals surface area contributed by atoms with Crippen LogP contribution in [0.2, 0.25) is 0 Å². The number of aliphatic carboxylic acids is 1. The molecule has 2 aliphatic heterocycles. The molecule has 2 unspecified atom stereocenters. The van der Waals surface area contributed by atoms with Gasteiger partial charge in [-0.05, 0) is 44.6 Å². The molecule has 0 saturated carbocycles. The highest BCUT2D eigenvalue weighted by Gasteiger charge is 2.40. The lowest BCUT2D eigenvalue weighted by Gasteiger charge is -2.35. The van der Waals surface area contributed by atoms with Crippen molar-refractivity contribution >= 4 is 11.9 Å². The van der Waals surface area contributed by atoms with Crippen molar-refractivity contribution in [2.75, 3.05) is 19.7 Å². The van der Waals surface area contributed by atoms with Crippen LogP contribution in [0.15, 0.2) is 18.3 Å². The molecule has 3 heterocycles. The van der Waals surface area contributed by atoms with Crippen molar-refractivity contribution in [3.8, 4) is 5.88 Å². The summed E-state index contributed by atoms with van der Waals surface area (Å²) in [4.78, 5) is 30.2. The van der Waals surface area contributed by atoms with E-state index in [1.54, 1.807) is 18.3 Å². The van der Waals surface area contributed by atoms with Gasteiger partial charge in [-0.15, -0.1) is 0 Å². The normalized spacial score (nSPS) is 24.6. The highest BCUT2D eigenvalue weighted by Crippen LogP contribution is 2.33. The quantitative estimate of drug-likeness (QED) is 0.821. The first-order valence-electron chi connectivity index (χ1n) is 9.76. The van der Waals surface area contributed by atoms with E-state index in [0.717, 1.165) is 19.3 Å². The Morgan fingerprint density at radius 2 is 2.11 bits per heavy atom. The van der Waals surface area contributed by atoms with Crippen molar-refractivity contribution in [1.29, 1.82) is 0 Å². The molecule has 3 rings (SSSR count). The number of carboxylic acids is 1. The van der Waals surface area contributed by atoms with E-state index in [4.69, 9.17) is 9.47 Å². The summed E-state index contributed by atoms with van der Waals surface area (Å²) in [5.74, 6) is -0.570. The van der Waals surface area contributed by atoms with Gasteiger partial charge in [-0.2, -0.15) is 0 Å². The standard InChI is InChI=1S/C20H28N2O5/c1-3-13(2)27-17-12-15(4-8-21-17)19(23)22-9-5-14(6-10-22)18-16(20(24)25)7-11-26-18/h4,8,12-14,16,18H,3,5-7,9-11H2,1-2H3,(H,24,25)/t13?,16?,18-/m0/s1. The zero-order valence-electron chi connectivity index (χ0n) is 16.0. The van der Waals surface area contributed by atoms with Crippen LogP contribution >= 0.6 is 0 Å². The van der Waals surface area contributed by atoms with Crippen LogP contribution in [0.5, 0.6) is 5.88 Å². The highest BCUT2D eigenvalue weighted by atomic mass is 16.5. The van der Waals surface area contributed by atoms with Gasteiger partial charge >= 0.3 is 5.97 Å². The maximum absolute atomic E-state index is 12.8. The molecule has 27 heavy (non-hydrogen) atoms. The molecule has 7 nitrogen and oxygen atoms in total. The van der Waals surface area contributed by atoms with Crippen molar-refractivity contribution in [2.24, 2.45) is 11.8 Å². The number of rotatable bonds is 6. The number of hydrogen-bond acceptors (Lipinski definition) is 5. The number of carboxylic acid groups (broad SMARTS) is 1. The molecule has 0 spiro atoms. The third kappa shape index (κ3) is 4.58. The minimum atomic E-state index is -0.776. The molecule has 2 aliphatic rings. The summed E-state index contributed by atoms with van der Waals surface area (Å²) in [6, 6.07) is 3.40. The number of nitrogens with zero attached hydrogens (tertiary/aromatic N) is 2. The highest BCUT2D eigenvalue weighted by molar-refractivity contribution is 5.94. The van der Waals surface area contributed by atoms with Crippen molar-refractivity contribution in [1.82, 2.24) is 9.88 Å². The van der Waals surface area contributed by atoms with Gasteiger partial charge < -0.3 is 19.5 Å². The van der Waals surface area contributed by atoms with E-state index in [-0.39, 0.29) is 24.0 Å². The number of pyridine rings is 1. The maximum Gasteiger partial charge on any atom is 0.309 e. The molecular formula is C20H28N2O5. The van der Waals surface area contributed by atoms with Crippen LogP contribution in [0.3, 0.4) is 0 Å². The molecule has 2 saturated heterocycles. The number of hydrogen-bond donors (Lipinski definition) is 1. The molecule has 148 valence electrons. The van der Waals surface area contributed by atoms with Crippen LogP contribution < -0.4 is 4.74 Å². The minimum absolute atomic E-state index is 0.0352. The summed E-state index contributed by atoms with van der Waals surface area (Å²) in [7, 11) is 0. The van der Waals surface area contributed by atoms with Crippen LogP contribution in [0.25, 0.3) is 0 Å². The van der Waals surface area contributed by atoms with E-state index in [1.165, 1.54) is 0 Å². The summed E-state index contributed by atoms with van der Waals surface area (Å²) in [5.41, 5.74) is 0.572. The monoisotopic (exact) mass is 376 g/mol. The Balaban J connectivity index is 1.59. The van der Waals surface area contributed by atoms with Gasteiger partial charge in [0.15, 0.2) is 0 Å². The Kier molecular flexibility index (Phi) is 6.31. The second kappa shape index (κ2) is 8.69. The molecular weight excluding hydrogens is 348 g/mol. The molecule has 0 aliphatic carbocycles. The number of carbonyl (C=O) groups excluding carboxylic acids is 1. The zero-order valence-corrected chi connectivity index (χ0v) is 16.0. The number of carbonyl (C=O) groups is 2. The van der Waals surface area contributed by atoms with Gasteiger partial charge in [0.1, 0.15) is 0 Å². The predicted molar refractivity (Wildman–Crippen MR) is 98.7 cm³/mol. The summed E-state index contributed by atoms with van der Waals surface area (Å²) >= 11 is 0. The van der Waals surface area contributed by atoms with Gasteiger partial charge in [-0.25, -0.2) is 4.98 Å². The predicted octanol–water partition coefficient (Wildman–Crippen LogP) is 2.60. The smallest absolute Gasteiger partial charge is 0.309 e. The number of aromatic nitrogens is 1. The molecule has 0 radical (unpaired) electrons. The van der Waals surface area contributed by atoms with Gasteiger partial charge in [-0.1, -0.05) is 6.92 Å². The molecule has 1 amide bonds. The van der Waals surface area contributed by atoms with Gasteiger partial charge in [0, 0.05) is 37.5 Å². The lowest BCUT2D eigenvalue weighted by atomic mass is 9.84. The second-order valence-corrected chi connectivity index (χ2v) is 7.42. The third-order valence-corrected chi connectivity index (χ3v) is 5.62. The topological polar surface area (TPSA) is 89.0 Å². The Hall–Kier alpha value is -2.15. The van der Waals surface area contributed by atoms with Gasteiger partial charge in [0.25, 0.3) is 5.91 Å². The van der Waals surface area contributed by atoms with E-state index in [1.807, 2.05) is 18.7 Å². The van der Waals surface area contributed by atoms with Crippen LogP contribution in [-0.2, 0) is 9.53 Å². The number of likely N-dealkylation sites (tertiary alicyclic amines) is 1. The van der Waals surface area contributed by atoms with E-state index in [9.17, 15) is 14.7 Å². The third-order valence-electron chi connectivity index (χ3n) is 5.62. The summed E-state index contributed by atoms with van der Waals surface area (Å²) in [6.07, 6.45) is 4.40. The maximum atomic E-state index is 12.8. The first kappa shape index (κ1) is 19.6. The minimum Gasteiger partial charge on any atom is -0.481 e. The Bertz CT molecular complexity index is 672. The fraction of sp³-hybridized carbons (Fsp3) is 0.650. The number of amides is 1. The van der Waals surface area contributed by atoms with Crippen molar-refractivity contribution in [3.05, 3.63) is 23.9 Å². The van der Waals surface area contributed by atoms with E-state index in [2.05, 4.69) is 4.98 Å². The van der Waals surface area contributed by atoms with Crippen LogP contribution in [0.4, 0.5) is 0 Å². The molecule has 1 aromatic rings. The summed E-state index contributed by atoms with van der Waals surface area (Å²) < 4.78 is 11.4. The van der Waals surface area contributed by atoms with Gasteiger partial charge in [-0.3, -0.25) is 9.59 Å². The van der Waals surface area contributed by atoms with E-state index >= 15 is 0 Å². The summed E-state index contributed by atoms with van der Waals surface area (Å²) in [6.45, 7) is 5.74. The molecule has 0 aromatic carbocycles. The van der Waals surface area contributed by atoms with Crippen molar-refractivity contribution in [3.63, 3.8) is 0 Å². The van der Waals surface area contributed by atoms with Gasteiger partial charge in [0.2, 0.25) is 5.88 Å². The Morgan fingerprint density at radius 1 is 1.37 bits per heavy atom. The fourth-order valence-electron chi connectivity index (χ4n) is 3.85. The SMILES string of the molecule is CCC(C)Oc1cc(C(=O)N2CCC([C@@H]3OCCC3C(=O)O)CC2)ccn1. The molecule has 3 atom stereocenters. The zero-order chi connectivity index (χ0) is 19.4. The molecule has 1 N–H and O–H groups in total. The first-order chi connectivity index (χ1) is 13.0. The molecule has 0 bridgehead atoms. The Labute approximate surface area is 159 Å². The van der Waals surface area contributed by atoms with E-state index in [0.29, 0.717) is 37.6 Å². The van der Waals surface area contributed by atoms with Crippen LogP contribution in [0.1, 0.15) is 49.9 Å². The fourth-order valence-corrected chi connectivity index (χ4v) is 3.85. The summed E-state index contributed by atoms with van der Waals surface area (Å²) in [5, 5.41) is 9.35. The van der Waals surface area contributed by atoms with Crippen LogP contribution in [0, 0.1) is 11.8 Å². The molecule has 2 fully saturated rings. The average Bonchev–Trinajstić information content (AvgIpc) is 3.18. The largest absolute Gasteiger partial charge is 0.481 e. The Morgan fingerprint density at radius 3 is 2.78 bits per heavy atom. The average molecular weight is 376 g/mol. The second-order valence-electron chi connectivity index (χ2n) is 7.42. The first-order valence-corrected chi connectivity index (χ1v) is 9.76. The molecule has 1 aromatic heterocycles. The van der Waals surface area contributed by atoms with E-state index < -0.39 is 11.9 Å². The van der Waals surface area contributed by atoms with Crippen molar-refractivity contribution in [2.45, 2.75) is 51.7 Å². The van der Waals surface area contributed by atoms with Gasteiger partial charge in [0.05, 0.1) is 18.1 Å². The number of ether oxygens (including phenoxy) is 2. The van der Waals surface area contributed by atoms with Crippen molar-refractivity contribution < 1.29 is 24.2 Å². The molecule has 7 heteroatoms. The lowest BCUT2D eigenvalue weighted by Crippen LogP contribution is -2.43. The lowest BCUT2D eigenvalue weighted by molar-refractivity contribution is -0.145.